The number of benzene rings is 2. The second-order valence-corrected chi connectivity index (χ2v) is 7.30. The van der Waals surface area contributed by atoms with Gasteiger partial charge < -0.3 is 10.5 Å². The van der Waals surface area contributed by atoms with Crippen LogP contribution in [0.4, 0.5) is 11.4 Å². The van der Waals surface area contributed by atoms with E-state index >= 15 is 0 Å². The fourth-order valence-corrected chi connectivity index (χ4v) is 3.60. The third-order valence-corrected chi connectivity index (χ3v) is 5.16. The van der Waals surface area contributed by atoms with Gasteiger partial charge in [0, 0.05) is 12.5 Å². The molecule has 2 aromatic carbocycles. The summed E-state index contributed by atoms with van der Waals surface area (Å²) in [5.74, 6) is -0.147. The van der Waals surface area contributed by atoms with Gasteiger partial charge in [-0.15, -0.1) is 5.10 Å². The number of carbonyl (C=O) groups is 2. The van der Waals surface area contributed by atoms with Gasteiger partial charge in [0.25, 0.3) is 5.69 Å². The number of hydrogen-bond acceptors (Lipinski definition) is 8. The van der Waals surface area contributed by atoms with Crippen molar-refractivity contribution in [1.82, 2.24) is 0 Å². The molecule has 1 heterocycles. The predicted molar refractivity (Wildman–Crippen MR) is 114 cm³/mol. The van der Waals surface area contributed by atoms with Crippen LogP contribution in [0, 0.1) is 10.1 Å². The summed E-state index contributed by atoms with van der Waals surface area (Å²) in [5, 5.41) is 17.8. The maximum absolute atomic E-state index is 12.7. The molecule has 0 radical (unpaired) electrons. The molecule has 154 valence electrons. The molecular weight excluding hydrogens is 410 g/mol. The summed E-state index contributed by atoms with van der Waals surface area (Å²) < 4.78 is 5.07. The molecule has 2 aromatic rings. The lowest BCUT2D eigenvalue weighted by Gasteiger charge is -2.15. The van der Waals surface area contributed by atoms with Crippen LogP contribution < -0.4 is 15.4 Å². The van der Waals surface area contributed by atoms with Crippen LogP contribution in [0.15, 0.2) is 58.7 Å². The van der Waals surface area contributed by atoms with Crippen molar-refractivity contribution in [3.63, 3.8) is 0 Å². The van der Waals surface area contributed by atoms with Gasteiger partial charge in [0.15, 0.2) is 5.17 Å². The molecule has 2 N–H and O–H groups in total. The van der Waals surface area contributed by atoms with Crippen LogP contribution in [-0.2, 0) is 9.59 Å². The van der Waals surface area contributed by atoms with Gasteiger partial charge in [0.05, 0.1) is 29.5 Å². The lowest BCUT2D eigenvalue weighted by molar-refractivity contribution is -0.385. The van der Waals surface area contributed by atoms with Crippen LogP contribution in [0.3, 0.4) is 0 Å². The SMILES string of the molecule is COc1ccc(N2C(=O)C[C@@H](SC(N)=NN=Cc3ccccc3[N+](=O)[O-])C2=O)cc1. The number of nitro benzene ring substituents is 1. The van der Waals surface area contributed by atoms with Crippen LogP contribution in [0.5, 0.6) is 5.75 Å². The molecule has 30 heavy (non-hydrogen) atoms. The van der Waals surface area contributed by atoms with E-state index in [0.717, 1.165) is 16.7 Å². The lowest BCUT2D eigenvalue weighted by atomic mass is 10.2. The molecule has 0 spiro atoms. The Bertz CT molecular complexity index is 1040. The first kappa shape index (κ1) is 21.0. The first-order chi connectivity index (χ1) is 14.4. The molecule has 0 aromatic heterocycles. The molecule has 1 aliphatic heterocycles. The Morgan fingerprint density at radius 2 is 1.97 bits per heavy atom. The highest BCUT2D eigenvalue weighted by Gasteiger charge is 2.40. The van der Waals surface area contributed by atoms with Gasteiger partial charge >= 0.3 is 0 Å². The number of thioether (sulfide) groups is 1. The smallest absolute Gasteiger partial charge is 0.278 e. The van der Waals surface area contributed by atoms with E-state index in [9.17, 15) is 19.7 Å². The van der Waals surface area contributed by atoms with E-state index < -0.39 is 16.1 Å². The summed E-state index contributed by atoms with van der Waals surface area (Å²) >= 11 is 0.914. The lowest BCUT2D eigenvalue weighted by Crippen LogP contribution is -2.31. The molecule has 1 aliphatic rings. The number of para-hydroxylation sites is 1. The fourth-order valence-electron chi connectivity index (χ4n) is 2.78. The zero-order valence-corrected chi connectivity index (χ0v) is 16.6. The van der Waals surface area contributed by atoms with Crippen molar-refractivity contribution in [3.8, 4) is 5.75 Å². The minimum atomic E-state index is -0.732. The summed E-state index contributed by atoms with van der Waals surface area (Å²) in [6, 6.07) is 12.6. The highest BCUT2D eigenvalue weighted by molar-refractivity contribution is 8.14. The zero-order valence-electron chi connectivity index (χ0n) is 15.8. The van der Waals surface area contributed by atoms with Crippen molar-refractivity contribution in [2.45, 2.75) is 11.7 Å². The summed E-state index contributed by atoms with van der Waals surface area (Å²) in [7, 11) is 1.52. The van der Waals surface area contributed by atoms with Crippen LogP contribution in [0.25, 0.3) is 0 Å². The van der Waals surface area contributed by atoms with Crippen molar-refractivity contribution in [2.24, 2.45) is 15.9 Å². The van der Waals surface area contributed by atoms with E-state index in [1.807, 2.05) is 0 Å². The second kappa shape index (κ2) is 9.18. The molecule has 1 fully saturated rings. The zero-order chi connectivity index (χ0) is 21.7. The molecule has 1 atom stereocenters. The molecule has 0 aliphatic carbocycles. The normalized spacial score (nSPS) is 17.0. The van der Waals surface area contributed by atoms with E-state index in [4.69, 9.17) is 10.5 Å². The number of methoxy groups -OCH3 is 1. The molecule has 0 saturated carbocycles. The number of hydrogen-bond donors (Lipinski definition) is 1. The summed E-state index contributed by atoms with van der Waals surface area (Å²) in [4.78, 5) is 36.5. The third kappa shape index (κ3) is 4.63. The number of nitro groups is 1. The number of ether oxygens (including phenoxy) is 1. The number of amides is 2. The van der Waals surface area contributed by atoms with Gasteiger partial charge in [-0.05, 0) is 30.3 Å². The maximum Gasteiger partial charge on any atom is 0.278 e. The minimum absolute atomic E-state index is 0.0282. The third-order valence-electron chi connectivity index (χ3n) is 4.19. The van der Waals surface area contributed by atoms with Gasteiger partial charge in [0.1, 0.15) is 11.0 Å². The van der Waals surface area contributed by atoms with Gasteiger partial charge in [0.2, 0.25) is 11.8 Å². The number of rotatable bonds is 6. The molecule has 10 nitrogen and oxygen atoms in total. The Balaban J connectivity index is 1.68. The van der Waals surface area contributed by atoms with Gasteiger partial charge in [-0.2, -0.15) is 5.10 Å². The fraction of sp³-hybridized carbons (Fsp3) is 0.158. The maximum atomic E-state index is 12.7. The van der Waals surface area contributed by atoms with E-state index in [0.29, 0.717) is 11.4 Å². The van der Waals surface area contributed by atoms with Gasteiger partial charge in [-0.1, -0.05) is 23.9 Å². The molecule has 0 bridgehead atoms. The van der Waals surface area contributed by atoms with E-state index in [1.54, 1.807) is 36.4 Å². The number of nitrogens with zero attached hydrogens (tertiary/aromatic N) is 4. The Morgan fingerprint density at radius 3 is 2.63 bits per heavy atom. The van der Waals surface area contributed by atoms with Crippen molar-refractivity contribution in [1.29, 1.82) is 0 Å². The molecule has 1 saturated heterocycles. The van der Waals surface area contributed by atoms with Crippen molar-refractivity contribution >= 4 is 46.3 Å². The largest absolute Gasteiger partial charge is 0.497 e. The topological polar surface area (TPSA) is 140 Å². The average Bonchev–Trinajstić information content (AvgIpc) is 3.01. The Labute approximate surface area is 175 Å². The van der Waals surface area contributed by atoms with Crippen LogP contribution in [0.1, 0.15) is 12.0 Å². The number of nitrogens with two attached hydrogens (primary N) is 1. The van der Waals surface area contributed by atoms with Crippen molar-refractivity contribution in [2.75, 3.05) is 12.0 Å². The predicted octanol–water partition coefficient (Wildman–Crippen LogP) is 2.32. The molecule has 11 heteroatoms. The second-order valence-electron chi connectivity index (χ2n) is 6.07. The average molecular weight is 427 g/mol. The Hall–Kier alpha value is -3.73. The quantitative estimate of drug-likeness (QED) is 0.245. The van der Waals surface area contributed by atoms with Crippen LogP contribution in [0.2, 0.25) is 0 Å². The molecule has 3 rings (SSSR count). The Morgan fingerprint density at radius 1 is 1.27 bits per heavy atom. The highest BCUT2D eigenvalue weighted by atomic mass is 32.2. The summed E-state index contributed by atoms with van der Waals surface area (Å²) in [6.07, 6.45) is 1.18. The number of amidine groups is 1. The van der Waals surface area contributed by atoms with Crippen LogP contribution in [-0.4, -0.2) is 40.5 Å². The van der Waals surface area contributed by atoms with E-state index in [-0.39, 0.29) is 28.7 Å². The minimum Gasteiger partial charge on any atom is -0.497 e. The van der Waals surface area contributed by atoms with Crippen molar-refractivity contribution < 1.29 is 19.2 Å². The first-order valence-electron chi connectivity index (χ1n) is 8.68. The Kier molecular flexibility index (Phi) is 6.42. The number of anilines is 1. The highest BCUT2D eigenvalue weighted by Crippen LogP contribution is 2.30. The number of imide groups is 1. The van der Waals surface area contributed by atoms with Crippen LogP contribution >= 0.6 is 11.8 Å². The van der Waals surface area contributed by atoms with Gasteiger partial charge in [-0.3, -0.25) is 19.7 Å². The summed E-state index contributed by atoms with van der Waals surface area (Å²) in [5.41, 5.74) is 6.40. The van der Waals surface area contributed by atoms with Crippen molar-refractivity contribution in [3.05, 3.63) is 64.2 Å². The monoisotopic (exact) mass is 427 g/mol. The number of carbonyl (C=O) groups excluding carboxylic acids is 2. The first-order valence-corrected chi connectivity index (χ1v) is 9.56. The molecule has 0 unspecified atom stereocenters. The van der Waals surface area contributed by atoms with E-state index in [2.05, 4.69) is 10.2 Å². The van der Waals surface area contributed by atoms with E-state index in [1.165, 1.54) is 25.5 Å². The standard InChI is InChI=1S/C19H17N5O5S/c1-29-14-8-6-13(7-9-14)23-17(25)10-16(18(23)26)30-19(20)22-21-11-12-4-2-3-5-15(12)24(27)28/h2-9,11,16H,10H2,1H3,(H2,20,22)/t16-/m1/s1. The van der Waals surface area contributed by atoms with Gasteiger partial charge in [-0.25, -0.2) is 4.90 Å². The summed E-state index contributed by atoms with van der Waals surface area (Å²) in [6.45, 7) is 0. The molecular formula is C19H17N5O5S. The molecule has 2 amide bonds.